The van der Waals surface area contributed by atoms with Crippen molar-refractivity contribution in [1.82, 2.24) is 24.8 Å². The average molecular weight is 397 g/mol. The highest BCUT2D eigenvalue weighted by atomic mass is 32.2. The highest BCUT2D eigenvalue weighted by Crippen LogP contribution is 2.33. The standard InChI is InChI=1S/C18H9F2N5S2/c19-11-3-1-10(2-4-11)13-5-6-17-22-23-18(25(17)24-13)27-15-8-16-14(7-12(15)20)21-9-26-16/h1-9H. The summed E-state index contributed by atoms with van der Waals surface area (Å²) in [6, 6.07) is 12.8. The molecule has 0 saturated heterocycles. The Morgan fingerprint density at radius 2 is 1.81 bits per heavy atom. The molecule has 0 aliphatic carbocycles. The lowest BCUT2D eigenvalue weighted by atomic mass is 10.1. The van der Waals surface area contributed by atoms with Gasteiger partial charge in [0, 0.05) is 11.6 Å². The molecule has 0 unspecified atom stereocenters. The third-order valence-electron chi connectivity index (χ3n) is 3.96. The van der Waals surface area contributed by atoms with Gasteiger partial charge in [0.1, 0.15) is 11.6 Å². The number of hydrogen-bond donors (Lipinski definition) is 0. The lowest BCUT2D eigenvalue weighted by Gasteiger charge is -2.04. The lowest BCUT2D eigenvalue weighted by Crippen LogP contribution is -1.96. The Bertz CT molecular complexity index is 1280. The van der Waals surface area contributed by atoms with Crippen LogP contribution < -0.4 is 0 Å². The second-order valence-electron chi connectivity index (χ2n) is 5.68. The molecule has 0 atom stereocenters. The molecule has 0 N–H and O–H groups in total. The SMILES string of the molecule is Fc1ccc(-c2ccc3nnc(Sc4cc5scnc5cc4F)n3n2)cc1. The number of rotatable bonds is 3. The van der Waals surface area contributed by atoms with Gasteiger partial charge in [-0.15, -0.1) is 21.5 Å². The molecule has 0 aliphatic heterocycles. The summed E-state index contributed by atoms with van der Waals surface area (Å²) in [6.45, 7) is 0. The van der Waals surface area contributed by atoms with E-state index in [0.717, 1.165) is 22.0 Å². The number of halogens is 2. The first-order chi connectivity index (χ1) is 13.2. The predicted octanol–water partition coefficient (Wildman–Crippen LogP) is 4.83. The van der Waals surface area contributed by atoms with E-state index in [4.69, 9.17) is 0 Å². The number of benzene rings is 2. The zero-order valence-electron chi connectivity index (χ0n) is 13.5. The van der Waals surface area contributed by atoms with Gasteiger partial charge in [0.05, 0.1) is 26.3 Å². The van der Waals surface area contributed by atoms with Crippen LogP contribution >= 0.6 is 23.1 Å². The molecule has 2 aromatic carbocycles. The van der Waals surface area contributed by atoms with Crippen molar-refractivity contribution in [3.63, 3.8) is 0 Å². The largest absolute Gasteiger partial charge is 0.245 e. The first-order valence-electron chi connectivity index (χ1n) is 7.86. The molecular formula is C18H9F2N5S2. The van der Waals surface area contributed by atoms with Crippen LogP contribution in [0.15, 0.2) is 64.1 Å². The highest BCUT2D eigenvalue weighted by Gasteiger charge is 2.14. The van der Waals surface area contributed by atoms with Gasteiger partial charge in [0.15, 0.2) is 5.65 Å². The van der Waals surface area contributed by atoms with Crippen LogP contribution in [-0.2, 0) is 0 Å². The molecule has 0 bridgehead atoms. The van der Waals surface area contributed by atoms with Crippen molar-refractivity contribution in [2.45, 2.75) is 10.1 Å². The summed E-state index contributed by atoms with van der Waals surface area (Å²) in [6.07, 6.45) is 0. The second-order valence-corrected chi connectivity index (χ2v) is 7.58. The number of thiazole rings is 1. The second kappa shape index (κ2) is 6.36. The highest BCUT2D eigenvalue weighted by molar-refractivity contribution is 7.99. The Labute approximate surface area is 159 Å². The van der Waals surface area contributed by atoms with Gasteiger partial charge in [-0.05, 0) is 54.2 Å². The molecule has 0 fully saturated rings. The minimum atomic E-state index is -0.371. The number of hydrogen-bond acceptors (Lipinski definition) is 6. The average Bonchev–Trinajstić information content (AvgIpc) is 3.29. The molecule has 132 valence electrons. The summed E-state index contributed by atoms with van der Waals surface area (Å²) in [7, 11) is 0. The van der Waals surface area contributed by atoms with Crippen molar-refractivity contribution in [3.05, 3.63) is 65.7 Å². The smallest absolute Gasteiger partial charge is 0.217 e. The number of fused-ring (bicyclic) bond motifs is 2. The lowest BCUT2D eigenvalue weighted by molar-refractivity contribution is 0.603. The van der Waals surface area contributed by atoms with Gasteiger partial charge < -0.3 is 0 Å². The summed E-state index contributed by atoms with van der Waals surface area (Å²) >= 11 is 2.59. The monoisotopic (exact) mass is 397 g/mol. The molecule has 0 aliphatic rings. The van der Waals surface area contributed by atoms with Crippen molar-refractivity contribution >= 4 is 39.0 Å². The van der Waals surface area contributed by atoms with Gasteiger partial charge in [0.2, 0.25) is 5.16 Å². The maximum atomic E-state index is 14.4. The van der Waals surface area contributed by atoms with Crippen molar-refractivity contribution in [3.8, 4) is 11.3 Å². The molecule has 5 aromatic rings. The minimum absolute atomic E-state index is 0.311. The Hall–Kier alpha value is -2.91. The number of nitrogens with zero attached hydrogens (tertiary/aromatic N) is 5. The zero-order chi connectivity index (χ0) is 18.4. The van der Waals surface area contributed by atoms with Gasteiger partial charge in [-0.2, -0.15) is 9.61 Å². The van der Waals surface area contributed by atoms with E-state index < -0.39 is 0 Å². The Morgan fingerprint density at radius 1 is 0.963 bits per heavy atom. The topological polar surface area (TPSA) is 56.0 Å². The quantitative estimate of drug-likeness (QED) is 0.436. The van der Waals surface area contributed by atoms with Crippen LogP contribution in [0.1, 0.15) is 0 Å². The molecule has 0 saturated carbocycles. The summed E-state index contributed by atoms with van der Waals surface area (Å²) in [5.74, 6) is -0.681. The fraction of sp³-hybridized carbons (Fsp3) is 0. The first kappa shape index (κ1) is 16.3. The molecule has 9 heteroatoms. The van der Waals surface area contributed by atoms with E-state index >= 15 is 0 Å². The maximum absolute atomic E-state index is 14.4. The fourth-order valence-electron chi connectivity index (χ4n) is 2.64. The van der Waals surface area contributed by atoms with Gasteiger partial charge in [-0.1, -0.05) is 0 Å². The van der Waals surface area contributed by atoms with E-state index in [1.165, 1.54) is 29.5 Å². The van der Waals surface area contributed by atoms with Gasteiger partial charge >= 0.3 is 0 Å². The fourth-order valence-corrected chi connectivity index (χ4v) is 4.25. The molecule has 0 amide bonds. The van der Waals surface area contributed by atoms with Crippen LogP contribution in [0.4, 0.5) is 8.78 Å². The van der Waals surface area contributed by atoms with Gasteiger partial charge in [0.25, 0.3) is 0 Å². The molecule has 3 aromatic heterocycles. The summed E-state index contributed by atoms with van der Waals surface area (Å²) in [5, 5.41) is 13.2. The van der Waals surface area contributed by atoms with Crippen molar-refractivity contribution < 1.29 is 8.78 Å². The Kier molecular flexibility index (Phi) is 3.83. The molecular weight excluding hydrogens is 388 g/mol. The summed E-state index contributed by atoms with van der Waals surface area (Å²) in [5.41, 5.74) is 4.26. The molecule has 0 radical (unpaired) electrons. The molecule has 3 heterocycles. The third-order valence-corrected chi connectivity index (χ3v) is 5.72. The third kappa shape index (κ3) is 2.94. The molecule has 0 spiro atoms. The van der Waals surface area contributed by atoms with Crippen LogP contribution in [0.2, 0.25) is 0 Å². The van der Waals surface area contributed by atoms with Crippen LogP contribution in [-0.4, -0.2) is 24.8 Å². The van der Waals surface area contributed by atoms with E-state index in [0.29, 0.717) is 26.9 Å². The van der Waals surface area contributed by atoms with E-state index in [1.54, 1.807) is 40.4 Å². The number of aromatic nitrogens is 5. The molecule has 5 rings (SSSR count). The predicted molar refractivity (Wildman–Crippen MR) is 99.9 cm³/mol. The van der Waals surface area contributed by atoms with E-state index in [9.17, 15) is 8.78 Å². The van der Waals surface area contributed by atoms with Crippen molar-refractivity contribution in [1.29, 1.82) is 0 Å². The summed E-state index contributed by atoms with van der Waals surface area (Å²) < 4.78 is 30.0. The first-order valence-corrected chi connectivity index (χ1v) is 9.56. The van der Waals surface area contributed by atoms with Crippen LogP contribution in [0.5, 0.6) is 0 Å². The maximum Gasteiger partial charge on any atom is 0.217 e. The van der Waals surface area contributed by atoms with E-state index in [2.05, 4.69) is 20.3 Å². The van der Waals surface area contributed by atoms with Crippen molar-refractivity contribution in [2.75, 3.05) is 0 Å². The Morgan fingerprint density at radius 3 is 2.67 bits per heavy atom. The van der Waals surface area contributed by atoms with Crippen molar-refractivity contribution in [2.24, 2.45) is 0 Å². The van der Waals surface area contributed by atoms with E-state index in [-0.39, 0.29) is 11.6 Å². The normalized spacial score (nSPS) is 11.5. The Balaban J connectivity index is 1.57. The zero-order valence-corrected chi connectivity index (χ0v) is 15.1. The van der Waals surface area contributed by atoms with E-state index in [1.807, 2.05) is 0 Å². The van der Waals surface area contributed by atoms with Gasteiger partial charge in [-0.3, -0.25) is 0 Å². The van der Waals surface area contributed by atoms with Crippen LogP contribution in [0, 0.1) is 11.6 Å². The summed E-state index contributed by atoms with van der Waals surface area (Å²) in [4.78, 5) is 4.54. The van der Waals surface area contributed by atoms with Crippen LogP contribution in [0.3, 0.4) is 0 Å². The minimum Gasteiger partial charge on any atom is -0.245 e. The molecule has 5 nitrogen and oxygen atoms in total. The van der Waals surface area contributed by atoms with Gasteiger partial charge in [-0.25, -0.2) is 13.8 Å². The molecule has 27 heavy (non-hydrogen) atoms. The van der Waals surface area contributed by atoms with Crippen LogP contribution in [0.25, 0.3) is 27.1 Å².